The number of aryl methyl sites for hydroxylation is 1. The lowest BCUT2D eigenvalue weighted by Crippen LogP contribution is -2.41. The van der Waals surface area contributed by atoms with Crippen LogP contribution in [0.4, 0.5) is 5.69 Å². The van der Waals surface area contributed by atoms with E-state index in [1.165, 1.54) is 4.57 Å². The van der Waals surface area contributed by atoms with E-state index in [9.17, 15) is 19.7 Å². The summed E-state index contributed by atoms with van der Waals surface area (Å²) in [5.74, 6) is 0.0621. The lowest BCUT2D eigenvalue weighted by molar-refractivity contribution is -0.387. The van der Waals surface area contributed by atoms with Crippen molar-refractivity contribution in [2.24, 2.45) is 5.92 Å². The highest BCUT2D eigenvalue weighted by Gasteiger charge is 2.19. The van der Waals surface area contributed by atoms with Crippen molar-refractivity contribution in [2.45, 2.75) is 46.7 Å². The Morgan fingerprint density at radius 1 is 1.37 bits per heavy atom. The van der Waals surface area contributed by atoms with Gasteiger partial charge >= 0.3 is 16.9 Å². The molecule has 0 saturated carbocycles. The highest BCUT2D eigenvalue weighted by Crippen LogP contribution is 2.03. The van der Waals surface area contributed by atoms with E-state index in [0.717, 1.165) is 23.6 Å². The maximum absolute atomic E-state index is 12.1. The molecule has 1 heterocycles. The third-order valence-corrected chi connectivity index (χ3v) is 2.72. The summed E-state index contributed by atoms with van der Waals surface area (Å²) in [7, 11) is 0. The van der Waals surface area contributed by atoms with Crippen molar-refractivity contribution < 1.29 is 4.92 Å². The molecule has 0 atom stereocenters. The molecule has 0 bridgehead atoms. The van der Waals surface area contributed by atoms with Crippen LogP contribution in [0.5, 0.6) is 0 Å². The Morgan fingerprint density at radius 2 is 2.00 bits per heavy atom. The fourth-order valence-corrected chi connectivity index (χ4v) is 1.78. The molecule has 106 valence electrons. The quantitative estimate of drug-likeness (QED) is 0.576. The standard InChI is InChI=1S/C12H19N3O4/c1-4-5-6-13-8-10(15(18)19)11(16)14(12(13)17)7-9(2)3/h8-9H,4-7H2,1-3H3. The van der Waals surface area contributed by atoms with E-state index in [4.69, 9.17) is 0 Å². The van der Waals surface area contributed by atoms with E-state index in [1.807, 2.05) is 20.8 Å². The van der Waals surface area contributed by atoms with E-state index in [-0.39, 0.29) is 12.5 Å². The molecule has 0 aliphatic carbocycles. The van der Waals surface area contributed by atoms with Crippen molar-refractivity contribution in [3.63, 3.8) is 0 Å². The molecule has 0 fully saturated rings. The van der Waals surface area contributed by atoms with Gasteiger partial charge in [-0.15, -0.1) is 0 Å². The summed E-state index contributed by atoms with van der Waals surface area (Å²) >= 11 is 0. The molecule has 0 aliphatic rings. The zero-order valence-electron chi connectivity index (χ0n) is 11.5. The molecule has 7 heteroatoms. The van der Waals surface area contributed by atoms with Crippen LogP contribution in [0, 0.1) is 16.0 Å². The van der Waals surface area contributed by atoms with Crippen LogP contribution in [-0.2, 0) is 13.1 Å². The fourth-order valence-electron chi connectivity index (χ4n) is 1.78. The highest BCUT2D eigenvalue weighted by molar-refractivity contribution is 5.21. The highest BCUT2D eigenvalue weighted by atomic mass is 16.6. The van der Waals surface area contributed by atoms with Crippen molar-refractivity contribution in [3.05, 3.63) is 37.1 Å². The molecule has 0 spiro atoms. The van der Waals surface area contributed by atoms with Crippen molar-refractivity contribution >= 4 is 5.69 Å². The summed E-state index contributed by atoms with van der Waals surface area (Å²) in [5.41, 5.74) is -1.84. The normalized spacial score (nSPS) is 10.9. The molecule has 1 aromatic rings. The number of aromatic nitrogens is 2. The zero-order valence-corrected chi connectivity index (χ0v) is 11.5. The van der Waals surface area contributed by atoms with Crippen LogP contribution >= 0.6 is 0 Å². The molecular weight excluding hydrogens is 250 g/mol. The van der Waals surface area contributed by atoms with Gasteiger partial charge < -0.3 is 0 Å². The van der Waals surface area contributed by atoms with Crippen LogP contribution in [0.25, 0.3) is 0 Å². The predicted molar refractivity (Wildman–Crippen MR) is 71.4 cm³/mol. The van der Waals surface area contributed by atoms with Gasteiger partial charge in [0.05, 0.1) is 11.1 Å². The minimum atomic E-state index is -0.823. The van der Waals surface area contributed by atoms with Crippen molar-refractivity contribution in [3.8, 4) is 0 Å². The number of nitrogens with zero attached hydrogens (tertiary/aromatic N) is 3. The Hall–Kier alpha value is -1.92. The smallest absolute Gasteiger partial charge is 0.293 e. The Balaban J connectivity index is 3.42. The van der Waals surface area contributed by atoms with Crippen LogP contribution in [0.3, 0.4) is 0 Å². The van der Waals surface area contributed by atoms with E-state index < -0.39 is 21.9 Å². The first-order chi connectivity index (χ1) is 8.88. The van der Waals surface area contributed by atoms with Crippen LogP contribution in [0.15, 0.2) is 15.8 Å². The SMILES string of the molecule is CCCCn1cc([N+](=O)[O-])c(=O)n(CC(C)C)c1=O. The lowest BCUT2D eigenvalue weighted by Gasteiger charge is -2.11. The van der Waals surface area contributed by atoms with Gasteiger partial charge in [0.2, 0.25) is 0 Å². The Labute approximate surface area is 110 Å². The lowest BCUT2D eigenvalue weighted by atomic mass is 10.2. The summed E-state index contributed by atoms with van der Waals surface area (Å²) in [6.45, 7) is 6.23. The molecule has 1 rings (SSSR count). The van der Waals surface area contributed by atoms with Gasteiger partial charge in [-0.1, -0.05) is 27.2 Å². The van der Waals surface area contributed by atoms with E-state index in [0.29, 0.717) is 6.54 Å². The Kier molecular flexibility index (Phi) is 5.02. The summed E-state index contributed by atoms with van der Waals surface area (Å²) in [6.07, 6.45) is 2.65. The van der Waals surface area contributed by atoms with E-state index in [2.05, 4.69) is 0 Å². The van der Waals surface area contributed by atoms with Gasteiger partial charge in [0, 0.05) is 13.1 Å². The first kappa shape index (κ1) is 15.1. The van der Waals surface area contributed by atoms with Gasteiger partial charge in [-0.05, 0) is 12.3 Å². The summed E-state index contributed by atoms with van der Waals surface area (Å²) in [4.78, 5) is 34.1. The second-order valence-corrected chi connectivity index (χ2v) is 4.91. The topological polar surface area (TPSA) is 87.1 Å². The molecule has 0 unspecified atom stereocenters. The van der Waals surface area contributed by atoms with Crippen LogP contribution in [-0.4, -0.2) is 14.1 Å². The molecule has 0 radical (unpaired) electrons. The molecule has 0 amide bonds. The monoisotopic (exact) mass is 269 g/mol. The maximum atomic E-state index is 12.1. The third kappa shape index (κ3) is 3.52. The number of nitro groups is 1. The van der Waals surface area contributed by atoms with Crippen LogP contribution in [0.2, 0.25) is 0 Å². The first-order valence-electron chi connectivity index (χ1n) is 6.37. The minimum Gasteiger partial charge on any atom is -0.293 e. The van der Waals surface area contributed by atoms with Gasteiger partial charge in [0.15, 0.2) is 0 Å². The summed E-state index contributed by atoms with van der Waals surface area (Å²) < 4.78 is 2.21. The van der Waals surface area contributed by atoms with Crippen molar-refractivity contribution in [2.75, 3.05) is 0 Å². The molecule has 19 heavy (non-hydrogen) atoms. The Bertz CT molecular complexity index is 571. The molecule has 0 saturated heterocycles. The number of unbranched alkanes of at least 4 members (excludes halogenated alkanes) is 1. The second-order valence-electron chi connectivity index (χ2n) is 4.91. The second kappa shape index (κ2) is 6.31. The average molecular weight is 269 g/mol. The van der Waals surface area contributed by atoms with Crippen LogP contribution < -0.4 is 11.2 Å². The third-order valence-electron chi connectivity index (χ3n) is 2.72. The van der Waals surface area contributed by atoms with Gasteiger partial charge in [-0.3, -0.25) is 24.0 Å². The molecule has 1 aromatic heterocycles. The van der Waals surface area contributed by atoms with Crippen molar-refractivity contribution in [1.29, 1.82) is 0 Å². The van der Waals surface area contributed by atoms with Gasteiger partial charge in [0.25, 0.3) is 0 Å². The molecule has 0 aliphatic heterocycles. The maximum Gasteiger partial charge on any atom is 0.350 e. The fraction of sp³-hybridized carbons (Fsp3) is 0.667. The van der Waals surface area contributed by atoms with E-state index in [1.54, 1.807) is 0 Å². The summed E-state index contributed by atoms with van der Waals surface area (Å²) in [5, 5.41) is 10.9. The largest absolute Gasteiger partial charge is 0.350 e. The van der Waals surface area contributed by atoms with Crippen LogP contribution in [0.1, 0.15) is 33.6 Å². The number of hydrogen-bond acceptors (Lipinski definition) is 4. The van der Waals surface area contributed by atoms with E-state index >= 15 is 0 Å². The zero-order chi connectivity index (χ0) is 14.6. The average Bonchev–Trinajstić information content (AvgIpc) is 2.33. The molecule has 7 nitrogen and oxygen atoms in total. The van der Waals surface area contributed by atoms with Crippen molar-refractivity contribution in [1.82, 2.24) is 9.13 Å². The molecular formula is C12H19N3O4. The predicted octanol–water partition coefficient (Wildman–Crippen LogP) is 1.37. The molecule has 0 aromatic carbocycles. The van der Waals surface area contributed by atoms with Gasteiger partial charge in [-0.2, -0.15) is 0 Å². The number of hydrogen-bond donors (Lipinski definition) is 0. The first-order valence-corrected chi connectivity index (χ1v) is 6.37. The number of rotatable bonds is 6. The van der Waals surface area contributed by atoms with Gasteiger partial charge in [-0.25, -0.2) is 4.79 Å². The Morgan fingerprint density at radius 3 is 2.47 bits per heavy atom. The summed E-state index contributed by atoms with van der Waals surface area (Å²) in [6, 6.07) is 0. The van der Waals surface area contributed by atoms with Gasteiger partial charge in [0.1, 0.15) is 0 Å². The molecule has 0 N–H and O–H groups in total. The minimum absolute atomic E-state index is 0.0621.